The highest BCUT2D eigenvalue weighted by Crippen LogP contribution is 2.30. The Kier molecular flexibility index (Phi) is 7.07. The topological polar surface area (TPSA) is 50.4 Å². The van der Waals surface area contributed by atoms with Crippen molar-refractivity contribution in [2.75, 3.05) is 7.11 Å². The molecule has 160 valence electrons. The summed E-state index contributed by atoms with van der Waals surface area (Å²) in [6, 6.07) is 21.1. The zero-order chi connectivity index (χ0) is 21.8. The molecular formula is C24H24N2O2S3. The molecule has 0 spiro atoms. The first-order chi connectivity index (χ1) is 15.0. The van der Waals surface area contributed by atoms with Crippen LogP contribution >= 0.6 is 35.3 Å². The zero-order valence-electron chi connectivity index (χ0n) is 17.3. The lowest BCUT2D eigenvalue weighted by molar-refractivity contribution is -0.118. The molecule has 4 nitrogen and oxygen atoms in total. The monoisotopic (exact) mass is 468 g/mol. The molecule has 31 heavy (non-hydrogen) atoms. The minimum atomic E-state index is -0.166. The Morgan fingerprint density at radius 2 is 1.94 bits per heavy atom. The lowest BCUT2D eigenvalue weighted by atomic mass is 9.95. The van der Waals surface area contributed by atoms with Crippen LogP contribution in [0.25, 0.3) is 0 Å². The molecule has 2 N–H and O–H groups in total. The number of benzene rings is 2. The van der Waals surface area contributed by atoms with E-state index in [-0.39, 0.29) is 23.2 Å². The number of ether oxygens (including phenoxy) is 1. The van der Waals surface area contributed by atoms with Gasteiger partial charge in [0.2, 0.25) is 5.91 Å². The number of methoxy groups -OCH3 is 1. The van der Waals surface area contributed by atoms with Crippen LogP contribution in [0.3, 0.4) is 0 Å². The van der Waals surface area contributed by atoms with Crippen LogP contribution in [0.15, 0.2) is 66.0 Å². The van der Waals surface area contributed by atoms with Gasteiger partial charge in [-0.05, 0) is 53.6 Å². The van der Waals surface area contributed by atoms with Crippen molar-refractivity contribution in [1.29, 1.82) is 0 Å². The molecule has 1 fully saturated rings. The molecule has 0 bridgehead atoms. The standard InChI is InChI=1S/C24H24N2O2S3/c1-15(20-7-4-12-30-20)25-22(17-8-10-19(28-2)11-9-17)18-6-3-5-16(13-18)14-21-23(27)26-24(29)31-21/h3-13,15,21-22,25H,14H2,1-2H3,(H,26,27,29). The van der Waals surface area contributed by atoms with E-state index in [1.807, 2.05) is 12.1 Å². The molecule has 4 rings (SSSR count). The second-order valence-electron chi connectivity index (χ2n) is 7.44. The van der Waals surface area contributed by atoms with Gasteiger partial charge in [0.05, 0.1) is 18.4 Å². The van der Waals surface area contributed by atoms with E-state index in [1.165, 1.54) is 16.6 Å². The fourth-order valence-electron chi connectivity index (χ4n) is 3.69. The van der Waals surface area contributed by atoms with Crippen molar-refractivity contribution in [3.8, 4) is 5.75 Å². The van der Waals surface area contributed by atoms with Crippen molar-refractivity contribution in [2.45, 2.75) is 30.7 Å². The lowest BCUT2D eigenvalue weighted by Crippen LogP contribution is -2.26. The van der Waals surface area contributed by atoms with Gasteiger partial charge in [0, 0.05) is 10.9 Å². The quantitative estimate of drug-likeness (QED) is 0.442. The highest BCUT2D eigenvalue weighted by Gasteiger charge is 2.29. The SMILES string of the molecule is COc1ccc(C(NC(C)c2cccs2)c2cccc(CC3SC(=S)NC3=O)c2)cc1. The smallest absolute Gasteiger partial charge is 0.239 e. The molecule has 0 saturated carbocycles. The highest BCUT2D eigenvalue weighted by atomic mass is 32.2. The third-order valence-corrected chi connectivity index (χ3v) is 7.74. The van der Waals surface area contributed by atoms with Gasteiger partial charge in [-0.1, -0.05) is 66.4 Å². The largest absolute Gasteiger partial charge is 0.497 e. The molecule has 2 heterocycles. The number of amides is 1. The van der Waals surface area contributed by atoms with Crippen LogP contribution in [0.1, 0.15) is 40.6 Å². The Morgan fingerprint density at radius 1 is 1.13 bits per heavy atom. The van der Waals surface area contributed by atoms with E-state index < -0.39 is 0 Å². The summed E-state index contributed by atoms with van der Waals surface area (Å²) in [4.78, 5) is 13.4. The first-order valence-corrected chi connectivity index (χ1v) is 12.2. The number of carbonyl (C=O) groups is 1. The van der Waals surface area contributed by atoms with Gasteiger partial charge in [-0.2, -0.15) is 0 Å². The molecule has 1 aliphatic rings. The summed E-state index contributed by atoms with van der Waals surface area (Å²) in [6.45, 7) is 2.19. The number of thioether (sulfide) groups is 1. The van der Waals surface area contributed by atoms with Crippen molar-refractivity contribution in [3.63, 3.8) is 0 Å². The Hall–Kier alpha value is -2.19. The normalized spacial score (nSPS) is 17.9. The third-order valence-electron chi connectivity index (χ3n) is 5.31. The first kappa shape index (κ1) is 22.0. The number of hydrogen-bond donors (Lipinski definition) is 2. The van der Waals surface area contributed by atoms with Gasteiger partial charge < -0.3 is 10.1 Å². The minimum absolute atomic E-state index is 0.00319. The van der Waals surface area contributed by atoms with Gasteiger partial charge in [-0.3, -0.25) is 10.1 Å². The molecule has 0 radical (unpaired) electrons. The minimum Gasteiger partial charge on any atom is -0.497 e. The molecule has 0 aliphatic carbocycles. The molecule has 7 heteroatoms. The van der Waals surface area contributed by atoms with Crippen LogP contribution in [0, 0.1) is 0 Å². The van der Waals surface area contributed by atoms with Crippen LogP contribution in [-0.2, 0) is 11.2 Å². The fraction of sp³-hybridized carbons (Fsp3) is 0.250. The second-order valence-corrected chi connectivity index (χ2v) is 10.3. The second kappa shape index (κ2) is 9.96. The van der Waals surface area contributed by atoms with Crippen molar-refractivity contribution < 1.29 is 9.53 Å². The molecule has 3 unspecified atom stereocenters. The number of hydrogen-bond acceptors (Lipinski definition) is 6. The van der Waals surface area contributed by atoms with E-state index in [4.69, 9.17) is 17.0 Å². The Balaban J connectivity index is 1.62. The molecular weight excluding hydrogens is 444 g/mol. The number of thiophene rings is 1. The summed E-state index contributed by atoms with van der Waals surface area (Å²) in [5.41, 5.74) is 3.45. The van der Waals surface area contributed by atoms with E-state index in [2.05, 4.69) is 71.5 Å². The molecule has 1 aromatic heterocycles. The maximum Gasteiger partial charge on any atom is 0.239 e. The maximum absolute atomic E-state index is 12.1. The van der Waals surface area contributed by atoms with E-state index in [0.717, 1.165) is 22.4 Å². The molecule has 1 saturated heterocycles. The maximum atomic E-state index is 12.1. The van der Waals surface area contributed by atoms with Crippen molar-refractivity contribution >= 4 is 45.5 Å². The van der Waals surface area contributed by atoms with E-state index in [9.17, 15) is 4.79 Å². The highest BCUT2D eigenvalue weighted by molar-refractivity contribution is 8.24. The summed E-state index contributed by atoms with van der Waals surface area (Å²) in [5.74, 6) is 0.833. The fourth-order valence-corrected chi connectivity index (χ4v) is 5.74. The van der Waals surface area contributed by atoms with Gasteiger partial charge in [0.15, 0.2) is 0 Å². The summed E-state index contributed by atoms with van der Waals surface area (Å²) in [5, 5.41) is 8.46. The molecule has 3 atom stereocenters. The Morgan fingerprint density at radius 3 is 2.58 bits per heavy atom. The average molecular weight is 469 g/mol. The predicted octanol–water partition coefficient (Wildman–Crippen LogP) is 5.26. The van der Waals surface area contributed by atoms with Crippen molar-refractivity contribution in [2.24, 2.45) is 0 Å². The summed E-state index contributed by atoms with van der Waals surface area (Å²) in [6.07, 6.45) is 0.653. The van der Waals surface area contributed by atoms with E-state index >= 15 is 0 Å². The van der Waals surface area contributed by atoms with Crippen LogP contribution in [-0.4, -0.2) is 22.6 Å². The van der Waals surface area contributed by atoms with Gasteiger partial charge in [-0.25, -0.2) is 0 Å². The Bertz CT molecular complexity index is 1050. The zero-order valence-corrected chi connectivity index (χ0v) is 19.8. The number of carbonyl (C=O) groups excluding carboxylic acids is 1. The average Bonchev–Trinajstić information content (AvgIpc) is 3.42. The van der Waals surface area contributed by atoms with Crippen LogP contribution in [0.5, 0.6) is 5.75 Å². The summed E-state index contributed by atoms with van der Waals surface area (Å²) in [7, 11) is 1.68. The number of rotatable bonds is 8. The van der Waals surface area contributed by atoms with E-state index in [0.29, 0.717) is 10.7 Å². The van der Waals surface area contributed by atoms with Crippen LogP contribution < -0.4 is 15.4 Å². The molecule has 2 aromatic carbocycles. The summed E-state index contributed by atoms with van der Waals surface area (Å²) >= 11 is 8.33. The van der Waals surface area contributed by atoms with Crippen LogP contribution in [0.4, 0.5) is 0 Å². The number of thiocarbonyl (C=S) groups is 1. The van der Waals surface area contributed by atoms with Crippen LogP contribution in [0.2, 0.25) is 0 Å². The predicted molar refractivity (Wildman–Crippen MR) is 133 cm³/mol. The molecule has 3 aromatic rings. The Labute approximate surface area is 196 Å². The summed E-state index contributed by atoms with van der Waals surface area (Å²) < 4.78 is 5.90. The molecule has 1 amide bonds. The van der Waals surface area contributed by atoms with Gasteiger partial charge in [0.1, 0.15) is 10.1 Å². The third kappa shape index (κ3) is 5.36. The van der Waals surface area contributed by atoms with Crippen molar-refractivity contribution in [3.05, 3.63) is 87.6 Å². The molecule has 1 aliphatic heterocycles. The first-order valence-electron chi connectivity index (χ1n) is 10.1. The van der Waals surface area contributed by atoms with Crippen molar-refractivity contribution in [1.82, 2.24) is 10.6 Å². The lowest BCUT2D eigenvalue weighted by Gasteiger charge is -2.25. The van der Waals surface area contributed by atoms with Gasteiger partial charge >= 0.3 is 0 Å². The van der Waals surface area contributed by atoms with Gasteiger partial charge in [0.25, 0.3) is 0 Å². The van der Waals surface area contributed by atoms with Gasteiger partial charge in [-0.15, -0.1) is 11.3 Å². The number of nitrogens with one attached hydrogen (secondary N) is 2. The van der Waals surface area contributed by atoms with E-state index in [1.54, 1.807) is 18.4 Å².